The number of halogens is 4. The van der Waals surface area contributed by atoms with E-state index in [1.807, 2.05) is 22.6 Å². The van der Waals surface area contributed by atoms with Gasteiger partial charge in [0.2, 0.25) is 0 Å². The van der Waals surface area contributed by atoms with Crippen molar-refractivity contribution < 1.29 is 9.18 Å². The van der Waals surface area contributed by atoms with E-state index in [9.17, 15) is 9.18 Å². The normalized spacial score (nSPS) is 10.2. The summed E-state index contributed by atoms with van der Waals surface area (Å²) in [7, 11) is 0. The average molecular weight is 377 g/mol. The Morgan fingerprint density at radius 2 is 2.23 bits per heavy atom. The average Bonchev–Trinajstić information content (AvgIpc) is 2.10. The Morgan fingerprint density at radius 3 is 2.77 bits per heavy atom. The maximum atomic E-state index is 12.9. The summed E-state index contributed by atoms with van der Waals surface area (Å²) in [5.41, 5.74) is 0.291. The molecule has 0 fully saturated rings. The fourth-order valence-electron chi connectivity index (χ4n) is 0.831. The second-order valence-corrected chi connectivity index (χ2v) is 4.53. The van der Waals surface area contributed by atoms with Crippen LogP contribution in [0.1, 0.15) is 10.4 Å². The number of benzene rings is 1. The van der Waals surface area contributed by atoms with Crippen molar-refractivity contribution in [2.45, 2.75) is 0 Å². The Kier molecular flexibility index (Phi) is 4.12. The molecule has 0 aromatic heterocycles. The number of hydrogen-bond donors (Lipinski definition) is 0. The highest BCUT2D eigenvalue weighted by Gasteiger charge is 2.12. The van der Waals surface area contributed by atoms with Crippen LogP contribution in [0.5, 0.6) is 0 Å². The fraction of sp³-hybridized carbons (Fsp3) is 0.125. The van der Waals surface area contributed by atoms with Crippen LogP contribution in [0.15, 0.2) is 16.6 Å². The van der Waals surface area contributed by atoms with Gasteiger partial charge in [-0.3, -0.25) is 4.79 Å². The molecule has 1 nitrogen and oxygen atoms in total. The lowest BCUT2D eigenvalue weighted by molar-refractivity contribution is 0.102. The minimum Gasteiger partial charge on any atom is -0.293 e. The lowest BCUT2D eigenvalue weighted by Gasteiger charge is -2.03. The first-order valence-corrected chi connectivity index (χ1v) is 5.70. The van der Waals surface area contributed by atoms with Crippen LogP contribution in [0.3, 0.4) is 0 Å². The van der Waals surface area contributed by atoms with Gasteiger partial charge in [-0.2, -0.15) is 0 Å². The van der Waals surface area contributed by atoms with Gasteiger partial charge in [-0.15, -0.1) is 11.6 Å². The Labute approximate surface area is 102 Å². The van der Waals surface area contributed by atoms with Gasteiger partial charge >= 0.3 is 0 Å². The van der Waals surface area contributed by atoms with Crippen LogP contribution < -0.4 is 0 Å². The van der Waals surface area contributed by atoms with Crippen LogP contribution in [0.25, 0.3) is 0 Å². The molecule has 0 amide bonds. The fourth-order valence-corrected chi connectivity index (χ4v) is 2.01. The van der Waals surface area contributed by atoms with Crippen LogP contribution in [-0.2, 0) is 0 Å². The molecule has 0 saturated heterocycles. The predicted molar refractivity (Wildman–Crippen MR) is 61.9 cm³/mol. The first-order valence-electron chi connectivity index (χ1n) is 3.30. The van der Waals surface area contributed by atoms with Gasteiger partial charge in [-0.25, -0.2) is 4.39 Å². The maximum absolute atomic E-state index is 12.9. The number of carbonyl (C=O) groups is 1. The molecular weight excluding hydrogens is 373 g/mol. The summed E-state index contributed by atoms with van der Waals surface area (Å²) in [5.74, 6) is -0.856. The van der Waals surface area contributed by atoms with Gasteiger partial charge in [-0.05, 0) is 50.7 Å². The van der Waals surface area contributed by atoms with Crippen LogP contribution in [0, 0.1) is 9.39 Å². The number of hydrogen-bond acceptors (Lipinski definition) is 1. The van der Waals surface area contributed by atoms with Gasteiger partial charge in [-0.1, -0.05) is 0 Å². The van der Waals surface area contributed by atoms with Gasteiger partial charge in [0, 0.05) is 13.6 Å². The molecule has 0 aliphatic rings. The molecule has 0 aliphatic heterocycles. The maximum Gasteiger partial charge on any atom is 0.178 e. The zero-order valence-electron chi connectivity index (χ0n) is 6.28. The van der Waals surface area contributed by atoms with Crippen LogP contribution >= 0.6 is 50.1 Å². The standard InChI is InChI=1S/C8H4BrClFIO/c9-8-5(7(13)3-10)1-4(11)2-6(8)12/h1-2H,3H2. The number of alkyl halides is 1. The summed E-state index contributed by atoms with van der Waals surface area (Å²) >= 11 is 10.5. The summed E-state index contributed by atoms with van der Waals surface area (Å²) in [5, 5.41) is 0. The molecule has 0 unspecified atom stereocenters. The number of rotatable bonds is 2. The third-order valence-electron chi connectivity index (χ3n) is 1.41. The SMILES string of the molecule is O=C(CCl)c1cc(F)cc(I)c1Br. The Morgan fingerprint density at radius 1 is 1.62 bits per heavy atom. The van der Waals surface area contributed by atoms with Gasteiger partial charge in [0.15, 0.2) is 5.78 Å². The highest BCUT2D eigenvalue weighted by atomic mass is 127. The van der Waals surface area contributed by atoms with Crippen LogP contribution in [0.4, 0.5) is 4.39 Å². The molecule has 0 spiro atoms. The summed E-state index contributed by atoms with van der Waals surface area (Å²) in [6.07, 6.45) is 0. The number of carbonyl (C=O) groups excluding carboxylic acids is 1. The van der Waals surface area contributed by atoms with E-state index in [0.717, 1.165) is 0 Å². The summed E-state index contributed by atoms with van der Waals surface area (Å²) in [4.78, 5) is 11.2. The van der Waals surface area contributed by atoms with Crippen molar-refractivity contribution >= 4 is 55.9 Å². The third kappa shape index (κ3) is 2.63. The van der Waals surface area contributed by atoms with Gasteiger partial charge in [0.1, 0.15) is 5.82 Å². The van der Waals surface area contributed by atoms with E-state index in [0.29, 0.717) is 13.6 Å². The molecule has 0 N–H and O–H groups in total. The largest absolute Gasteiger partial charge is 0.293 e. The Bertz CT molecular complexity index is 356. The molecule has 1 aromatic rings. The van der Waals surface area contributed by atoms with E-state index in [1.54, 1.807) is 0 Å². The van der Waals surface area contributed by atoms with Gasteiger partial charge in [0.05, 0.1) is 5.88 Å². The Balaban J connectivity index is 3.28. The quantitative estimate of drug-likeness (QED) is 0.333. The van der Waals surface area contributed by atoms with Crippen molar-refractivity contribution in [1.29, 1.82) is 0 Å². The van der Waals surface area contributed by atoms with Crippen molar-refractivity contribution in [2.75, 3.05) is 5.88 Å². The van der Waals surface area contributed by atoms with E-state index < -0.39 is 5.82 Å². The third-order valence-corrected chi connectivity index (χ3v) is 4.10. The second kappa shape index (κ2) is 4.70. The molecule has 0 saturated carbocycles. The highest BCUT2D eigenvalue weighted by molar-refractivity contribution is 14.1. The molecule has 0 heterocycles. The molecule has 1 aromatic carbocycles. The van der Waals surface area contributed by atoms with Gasteiger partial charge < -0.3 is 0 Å². The van der Waals surface area contributed by atoms with Crippen LogP contribution in [-0.4, -0.2) is 11.7 Å². The smallest absolute Gasteiger partial charge is 0.178 e. The topological polar surface area (TPSA) is 17.1 Å². The first-order chi connectivity index (χ1) is 6.06. The summed E-state index contributed by atoms with van der Waals surface area (Å²) in [6.45, 7) is 0. The van der Waals surface area contributed by atoms with E-state index in [-0.39, 0.29) is 11.7 Å². The molecule has 0 atom stereocenters. The lowest BCUT2D eigenvalue weighted by Crippen LogP contribution is -2.03. The number of ketones is 1. The van der Waals surface area contributed by atoms with Crippen LogP contribution in [0.2, 0.25) is 0 Å². The first kappa shape index (κ1) is 11.4. The van der Waals surface area contributed by atoms with E-state index in [1.165, 1.54) is 12.1 Å². The molecule has 70 valence electrons. The van der Waals surface area contributed by atoms with E-state index >= 15 is 0 Å². The zero-order valence-corrected chi connectivity index (χ0v) is 10.8. The van der Waals surface area contributed by atoms with E-state index in [2.05, 4.69) is 15.9 Å². The molecule has 1 rings (SSSR count). The van der Waals surface area contributed by atoms with Gasteiger partial charge in [0.25, 0.3) is 0 Å². The van der Waals surface area contributed by atoms with Crippen molar-refractivity contribution in [2.24, 2.45) is 0 Å². The summed E-state index contributed by atoms with van der Waals surface area (Å²) in [6, 6.07) is 2.52. The van der Waals surface area contributed by atoms with E-state index in [4.69, 9.17) is 11.6 Å². The zero-order chi connectivity index (χ0) is 10.0. The van der Waals surface area contributed by atoms with Crippen molar-refractivity contribution in [1.82, 2.24) is 0 Å². The van der Waals surface area contributed by atoms with Crippen molar-refractivity contribution in [3.05, 3.63) is 31.6 Å². The second-order valence-electron chi connectivity index (χ2n) is 2.31. The monoisotopic (exact) mass is 376 g/mol. The lowest BCUT2D eigenvalue weighted by atomic mass is 10.1. The molecular formula is C8H4BrClFIO. The minimum absolute atomic E-state index is 0.141. The van der Waals surface area contributed by atoms with Crippen molar-refractivity contribution in [3.8, 4) is 0 Å². The summed E-state index contributed by atoms with van der Waals surface area (Å²) < 4.78 is 14.1. The minimum atomic E-state index is -0.430. The van der Waals surface area contributed by atoms with Crippen molar-refractivity contribution in [3.63, 3.8) is 0 Å². The predicted octanol–water partition coefficient (Wildman–Crippen LogP) is 3.61. The number of Topliss-reactive ketones (excluding diaryl/α,β-unsaturated/α-hetero) is 1. The molecule has 0 bridgehead atoms. The molecule has 13 heavy (non-hydrogen) atoms. The highest BCUT2D eigenvalue weighted by Crippen LogP contribution is 2.25. The molecule has 0 radical (unpaired) electrons. The molecule has 0 aliphatic carbocycles. The molecule has 5 heteroatoms. The Hall–Kier alpha value is 0.320.